The van der Waals surface area contributed by atoms with E-state index in [1.807, 2.05) is 97.1 Å². The lowest BCUT2D eigenvalue weighted by Crippen LogP contribution is -2.03. The second kappa shape index (κ2) is 13.9. The fourth-order valence-corrected chi connectivity index (χ4v) is 9.04. The van der Waals surface area contributed by atoms with Crippen LogP contribution in [0.1, 0.15) is 0 Å². The summed E-state index contributed by atoms with van der Waals surface area (Å²) in [5.41, 5.74) is 11.7. The molecule has 0 atom stereocenters. The van der Waals surface area contributed by atoms with Gasteiger partial charge in [-0.3, -0.25) is 0 Å². The lowest BCUT2D eigenvalue weighted by Gasteiger charge is -2.16. The molecule has 0 saturated carbocycles. The summed E-state index contributed by atoms with van der Waals surface area (Å²) < 4.78 is 15.2. The standard InChI is InChI=1S/C55H32N6O2/c1-3-16-33(17-4-1)49-51-50(39-23-10-14-28-46(39)63-51)57-55(56-49)41-32-35(30-31-44(41)61-42-25-11-7-20-36(42)37-21-8-12-26-43(37)61)53-58-52(34-18-5-2-6-19-34)59-54(60-53)40-24-15-29-47-48(40)38-22-9-13-27-45(38)62-47/h1-32H. The molecule has 8 heteroatoms. The van der Waals surface area contributed by atoms with E-state index in [4.69, 9.17) is 33.8 Å². The molecule has 0 aliphatic heterocycles. The van der Waals surface area contributed by atoms with E-state index in [9.17, 15) is 0 Å². The van der Waals surface area contributed by atoms with Crippen LogP contribution in [0.4, 0.5) is 0 Å². The Balaban J connectivity index is 1.12. The third-order valence-corrected chi connectivity index (χ3v) is 11.9. The van der Waals surface area contributed by atoms with Crippen LogP contribution >= 0.6 is 0 Å². The Morgan fingerprint density at radius 2 is 0.905 bits per heavy atom. The predicted molar refractivity (Wildman–Crippen MR) is 251 cm³/mol. The third kappa shape index (κ3) is 5.58. The van der Waals surface area contributed by atoms with Gasteiger partial charge in [0.05, 0.1) is 16.7 Å². The van der Waals surface area contributed by atoms with Gasteiger partial charge in [-0.25, -0.2) is 24.9 Å². The summed E-state index contributed by atoms with van der Waals surface area (Å²) in [4.78, 5) is 26.4. The molecular formula is C55H32N6O2. The first kappa shape index (κ1) is 35.0. The van der Waals surface area contributed by atoms with Crippen molar-refractivity contribution in [2.45, 2.75) is 0 Å². The topological polar surface area (TPSA) is 95.7 Å². The number of hydrogen-bond acceptors (Lipinski definition) is 7. The van der Waals surface area contributed by atoms with Crippen molar-refractivity contribution in [1.29, 1.82) is 0 Å². The van der Waals surface area contributed by atoms with Gasteiger partial charge in [0.15, 0.2) is 28.9 Å². The molecule has 8 aromatic carbocycles. The van der Waals surface area contributed by atoms with Gasteiger partial charge >= 0.3 is 0 Å². The average molecular weight is 809 g/mol. The number of hydrogen-bond donors (Lipinski definition) is 0. The lowest BCUT2D eigenvalue weighted by molar-refractivity contribution is 0.667. The monoisotopic (exact) mass is 808 g/mol. The molecule has 0 bridgehead atoms. The number of aromatic nitrogens is 6. The van der Waals surface area contributed by atoms with E-state index in [0.29, 0.717) is 34.6 Å². The van der Waals surface area contributed by atoms with E-state index in [1.54, 1.807) is 0 Å². The average Bonchev–Trinajstić information content (AvgIpc) is 4.04. The van der Waals surface area contributed by atoms with Crippen LogP contribution in [0.2, 0.25) is 0 Å². The Kier molecular flexibility index (Phi) is 7.74. The van der Waals surface area contributed by atoms with Gasteiger partial charge in [0, 0.05) is 54.7 Å². The van der Waals surface area contributed by atoms with E-state index in [-0.39, 0.29) is 0 Å². The van der Waals surface area contributed by atoms with Crippen molar-refractivity contribution in [2.75, 3.05) is 0 Å². The van der Waals surface area contributed by atoms with Crippen LogP contribution in [0.5, 0.6) is 0 Å². The predicted octanol–water partition coefficient (Wildman–Crippen LogP) is 13.9. The number of benzene rings is 8. The summed E-state index contributed by atoms with van der Waals surface area (Å²) in [7, 11) is 0. The smallest absolute Gasteiger partial charge is 0.180 e. The molecule has 13 rings (SSSR count). The molecule has 0 amide bonds. The molecule has 0 fully saturated rings. The van der Waals surface area contributed by atoms with E-state index in [0.717, 1.165) is 93.7 Å². The summed E-state index contributed by atoms with van der Waals surface area (Å²) in [6.45, 7) is 0. The fourth-order valence-electron chi connectivity index (χ4n) is 9.04. The van der Waals surface area contributed by atoms with E-state index in [2.05, 4.69) is 102 Å². The molecular weight excluding hydrogens is 777 g/mol. The maximum absolute atomic E-state index is 6.54. The number of fused-ring (bicyclic) bond motifs is 9. The van der Waals surface area contributed by atoms with E-state index >= 15 is 0 Å². The van der Waals surface area contributed by atoms with Crippen LogP contribution in [0.25, 0.3) is 128 Å². The Hall–Kier alpha value is -8.75. The second-order valence-corrected chi connectivity index (χ2v) is 15.6. The summed E-state index contributed by atoms with van der Waals surface area (Å²) in [5.74, 6) is 2.15. The maximum Gasteiger partial charge on any atom is 0.180 e. The van der Waals surface area contributed by atoms with Crippen molar-refractivity contribution in [3.8, 4) is 62.5 Å². The highest BCUT2D eigenvalue weighted by Crippen LogP contribution is 2.41. The molecule has 5 aromatic heterocycles. The first-order chi connectivity index (χ1) is 31.2. The summed E-state index contributed by atoms with van der Waals surface area (Å²) in [6, 6.07) is 65.7. The van der Waals surface area contributed by atoms with Crippen LogP contribution in [-0.2, 0) is 0 Å². The van der Waals surface area contributed by atoms with Crippen molar-refractivity contribution >= 4 is 65.8 Å². The molecule has 0 aliphatic rings. The Labute approximate surface area is 359 Å². The van der Waals surface area contributed by atoms with Crippen LogP contribution in [0.15, 0.2) is 203 Å². The SMILES string of the molecule is c1ccc(-c2nc(-c3ccc(-n4c5ccccc5c5ccccc54)c(-c4nc(-c5ccccc5)c5oc6ccccc6c5n4)c3)nc(-c3cccc4oc5ccccc5c34)n2)cc1. The zero-order valence-corrected chi connectivity index (χ0v) is 33.5. The summed E-state index contributed by atoms with van der Waals surface area (Å²) >= 11 is 0. The zero-order valence-electron chi connectivity index (χ0n) is 33.5. The molecule has 13 aromatic rings. The summed E-state index contributed by atoms with van der Waals surface area (Å²) in [6.07, 6.45) is 0. The van der Waals surface area contributed by atoms with Crippen molar-refractivity contribution in [1.82, 2.24) is 29.5 Å². The number of rotatable bonds is 6. The molecule has 5 heterocycles. The number of furan rings is 2. The van der Waals surface area contributed by atoms with Gasteiger partial charge in [0.1, 0.15) is 28.0 Å². The molecule has 0 aliphatic carbocycles. The Morgan fingerprint density at radius 3 is 1.63 bits per heavy atom. The van der Waals surface area contributed by atoms with Gasteiger partial charge < -0.3 is 13.4 Å². The maximum atomic E-state index is 6.54. The van der Waals surface area contributed by atoms with E-state index < -0.39 is 0 Å². The van der Waals surface area contributed by atoms with Crippen LogP contribution in [-0.4, -0.2) is 29.5 Å². The van der Waals surface area contributed by atoms with E-state index in [1.165, 1.54) is 0 Å². The Bertz CT molecular complexity index is 3870. The Morgan fingerprint density at radius 1 is 0.349 bits per heavy atom. The highest BCUT2D eigenvalue weighted by molar-refractivity contribution is 6.12. The quantitative estimate of drug-likeness (QED) is 0.165. The van der Waals surface area contributed by atoms with Gasteiger partial charge in [-0.2, -0.15) is 0 Å². The van der Waals surface area contributed by atoms with Crippen molar-refractivity contribution < 1.29 is 8.83 Å². The highest BCUT2D eigenvalue weighted by Gasteiger charge is 2.24. The van der Waals surface area contributed by atoms with Crippen LogP contribution < -0.4 is 0 Å². The minimum absolute atomic E-state index is 0.511. The van der Waals surface area contributed by atoms with Crippen molar-refractivity contribution in [3.63, 3.8) is 0 Å². The molecule has 0 N–H and O–H groups in total. The molecule has 294 valence electrons. The van der Waals surface area contributed by atoms with Gasteiger partial charge in [-0.15, -0.1) is 0 Å². The minimum atomic E-state index is 0.511. The molecule has 0 saturated heterocycles. The largest absolute Gasteiger partial charge is 0.456 e. The van der Waals surface area contributed by atoms with Crippen molar-refractivity contribution in [2.24, 2.45) is 0 Å². The zero-order chi connectivity index (χ0) is 41.4. The van der Waals surface area contributed by atoms with Crippen LogP contribution in [0, 0.1) is 0 Å². The first-order valence-electron chi connectivity index (χ1n) is 20.8. The molecule has 0 unspecified atom stereocenters. The number of para-hydroxylation sites is 4. The minimum Gasteiger partial charge on any atom is -0.456 e. The normalized spacial score (nSPS) is 11.8. The van der Waals surface area contributed by atoms with Gasteiger partial charge in [-0.05, 0) is 54.6 Å². The molecule has 63 heavy (non-hydrogen) atoms. The fraction of sp³-hybridized carbons (Fsp3) is 0. The number of nitrogens with zero attached hydrogens (tertiary/aromatic N) is 6. The van der Waals surface area contributed by atoms with Crippen molar-refractivity contribution in [3.05, 3.63) is 194 Å². The van der Waals surface area contributed by atoms with Gasteiger partial charge in [0.2, 0.25) is 0 Å². The van der Waals surface area contributed by atoms with Crippen LogP contribution in [0.3, 0.4) is 0 Å². The second-order valence-electron chi connectivity index (χ2n) is 15.6. The summed E-state index contributed by atoms with van der Waals surface area (Å²) in [5, 5.41) is 5.17. The highest BCUT2D eigenvalue weighted by atomic mass is 16.3. The van der Waals surface area contributed by atoms with Gasteiger partial charge in [-0.1, -0.05) is 140 Å². The molecule has 0 spiro atoms. The first-order valence-corrected chi connectivity index (χ1v) is 20.8. The lowest BCUT2D eigenvalue weighted by atomic mass is 10.0. The van der Waals surface area contributed by atoms with Gasteiger partial charge in [0.25, 0.3) is 0 Å². The third-order valence-electron chi connectivity index (χ3n) is 11.9. The molecule has 0 radical (unpaired) electrons. The molecule has 8 nitrogen and oxygen atoms in total.